The molecule has 0 spiro atoms. The summed E-state index contributed by atoms with van der Waals surface area (Å²) in [5.41, 5.74) is 1.04. The first-order valence-corrected chi connectivity index (χ1v) is 9.64. The van der Waals surface area contributed by atoms with Gasteiger partial charge in [0.2, 0.25) is 0 Å². The summed E-state index contributed by atoms with van der Waals surface area (Å²) in [5.74, 6) is -1.60. The zero-order valence-electron chi connectivity index (χ0n) is 16.5. The standard InChI is InChI=1S/C23H25NO5/c1-15(2)29-13-7-12-24-20(17-10-6-11-18(25)14-17)19(22(27)23(24)28)21(26)16-8-4-3-5-9-16/h3-6,8-11,14-15,20,25-26H,7,12-13H2,1-2H3/t20-/m1/s1. The van der Waals surface area contributed by atoms with Crippen molar-refractivity contribution in [2.75, 3.05) is 13.2 Å². The fraction of sp³-hybridized carbons (Fsp3) is 0.304. The predicted octanol–water partition coefficient (Wildman–Crippen LogP) is 3.63. The number of ketones is 1. The Kier molecular flexibility index (Phi) is 6.34. The third-order valence-corrected chi connectivity index (χ3v) is 4.77. The van der Waals surface area contributed by atoms with Crippen LogP contribution in [0.1, 0.15) is 37.4 Å². The molecule has 152 valence electrons. The second-order valence-electron chi connectivity index (χ2n) is 7.23. The van der Waals surface area contributed by atoms with E-state index >= 15 is 0 Å². The molecule has 1 saturated heterocycles. The SMILES string of the molecule is CC(C)OCCCN1C(=O)C(=O)C(=C(O)c2ccccc2)[C@H]1c1cccc(O)c1. The smallest absolute Gasteiger partial charge is 0.295 e. The topological polar surface area (TPSA) is 87.1 Å². The van der Waals surface area contributed by atoms with Crippen molar-refractivity contribution in [3.63, 3.8) is 0 Å². The summed E-state index contributed by atoms with van der Waals surface area (Å²) in [5, 5.41) is 20.8. The van der Waals surface area contributed by atoms with Crippen LogP contribution in [0.15, 0.2) is 60.2 Å². The first-order valence-electron chi connectivity index (χ1n) is 9.64. The first-order chi connectivity index (χ1) is 13.9. The van der Waals surface area contributed by atoms with Gasteiger partial charge in [-0.1, -0.05) is 42.5 Å². The third-order valence-electron chi connectivity index (χ3n) is 4.77. The van der Waals surface area contributed by atoms with E-state index in [-0.39, 0.29) is 23.2 Å². The Balaban J connectivity index is 2.02. The van der Waals surface area contributed by atoms with E-state index in [1.54, 1.807) is 42.5 Å². The maximum absolute atomic E-state index is 12.8. The van der Waals surface area contributed by atoms with Crippen molar-refractivity contribution in [2.24, 2.45) is 0 Å². The normalized spacial score (nSPS) is 18.6. The van der Waals surface area contributed by atoms with Crippen molar-refractivity contribution >= 4 is 17.4 Å². The molecular weight excluding hydrogens is 370 g/mol. The van der Waals surface area contributed by atoms with Crippen molar-refractivity contribution in [1.29, 1.82) is 0 Å². The van der Waals surface area contributed by atoms with Gasteiger partial charge >= 0.3 is 0 Å². The highest BCUT2D eigenvalue weighted by atomic mass is 16.5. The number of aliphatic hydroxyl groups excluding tert-OH is 1. The molecule has 3 rings (SSSR count). The van der Waals surface area contributed by atoms with Crippen LogP contribution in [0.25, 0.3) is 5.76 Å². The van der Waals surface area contributed by atoms with Gasteiger partial charge in [0.15, 0.2) is 0 Å². The second-order valence-corrected chi connectivity index (χ2v) is 7.23. The maximum Gasteiger partial charge on any atom is 0.295 e. The largest absolute Gasteiger partial charge is 0.508 e. The molecule has 0 aliphatic carbocycles. The van der Waals surface area contributed by atoms with Gasteiger partial charge in [0.05, 0.1) is 17.7 Å². The van der Waals surface area contributed by atoms with E-state index in [1.807, 2.05) is 13.8 Å². The van der Waals surface area contributed by atoms with Crippen LogP contribution in [0.4, 0.5) is 0 Å². The minimum absolute atomic E-state index is 0.0240. The Hall–Kier alpha value is -3.12. The van der Waals surface area contributed by atoms with Gasteiger partial charge in [-0.3, -0.25) is 9.59 Å². The maximum atomic E-state index is 12.8. The lowest BCUT2D eigenvalue weighted by molar-refractivity contribution is -0.140. The number of hydrogen-bond acceptors (Lipinski definition) is 5. The lowest BCUT2D eigenvalue weighted by Gasteiger charge is -2.25. The van der Waals surface area contributed by atoms with Crippen molar-refractivity contribution in [3.05, 3.63) is 71.3 Å². The van der Waals surface area contributed by atoms with Crippen LogP contribution >= 0.6 is 0 Å². The van der Waals surface area contributed by atoms with Gasteiger partial charge in [0.25, 0.3) is 11.7 Å². The number of aliphatic hydroxyl groups is 1. The molecule has 6 nitrogen and oxygen atoms in total. The van der Waals surface area contributed by atoms with Crippen LogP contribution in [0.2, 0.25) is 0 Å². The molecule has 1 aliphatic heterocycles. The number of amides is 1. The summed E-state index contributed by atoms with van der Waals surface area (Å²) < 4.78 is 5.54. The Morgan fingerprint density at radius 3 is 2.48 bits per heavy atom. The minimum atomic E-state index is -0.777. The fourth-order valence-electron chi connectivity index (χ4n) is 3.46. The van der Waals surface area contributed by atoms with E-state index in [4.69, 9.17) is 4.74 Å². The predicted molar refractivity (Wildman–Crippen MR) is 109 cm³/mol. The van der Waals surface area contributed by atoms with Crippen LogP contribution < -0.4 is 0 Å². The van der Waals surface area contributed by atoms with Gasteiger partial charge in [0, 0.05) is 18.7 Å². The van der Waals surface area contributed by atoms with Gasteiger partial charge in [0.1, 0.15) is 11.5 Å². The molecule has 1 fully saturated rings. The van der Waals surface area contributed by atoms with E-state index in [0.717, 1.165) is 0 Å². The van der Waals surface area contributed by atoms with Gasteiger partial charge in [-0.2, -0.15) is 0 Å². The summed E-state index contributed by atoms with van der Waals surface area (Å²) in [6.45, 7) is 4.60. The summed E-state index contributed by atoms with van der Waals surface area (Å²) >= 11 is 0. The molecular formula is C23H25NO5. The molecule has 2 aromatic carbocycles. The lowest BCUT2D eigenvalue weighted by atomic mass is 9.95. The van der Waals surface area contributed by atoms with E-state index in [1.165, 1.54) is 17.0 Å². The quantitative estimate of drug-likeness (QED) is 0.324. The molecule has 1 atom stereocenters. The molecule has 1 heterocycles. The Bertz CT molecular complexity index is 920. The zero-order valence-corrected chi connectivity index (χ0v) is 16.5. The van der Waals surface area contributed by atoms with Gasteiger partial charge < -0.3 is 19.8 Å². The molecule has 2 aromatic rings. The van der Waals surface area contributed by atoms with Crippen molar-refractivity contribution in [3.8, 4) is 5.75 Å². The summed E-state index contributed by atoms with van der Waals surface area (Å²) in [6, 6.07) is 14.3. The van der Waals surface area contributed by atoms with E-state index in [2.05, 4.69) is 0 Å². The number of phenols is 1. The molecule has 0 saturated carbocycles. The number of phenolic OH excluding ortho intramolecular Hbond substituents is 1. The number of carbonyl (C=O) groups is 2. The molecule has 6 heteroatoms. The minimum Gasteiger partial charge on any atom is -0.508 e. The van der Waals surface area contributed by atoms with Crippen molar-refractivity contribution in [1.82, 2.24) is 4.90 Å². The third kappa shape index (κ3) is 4.49. The summed E-state index contributed by atoms with van der Waals surface area (Å²) in [7, 11) is 0. The van der Waals surface area contributed by atoms with E-state index in [0.29, 0.717) is 30.7 Å². The molecule has 0 unspecified atom stereocenters. The highest BCUT2D eigenvalue weighted by molar-refractivity contribution is 6.46. The number of nitrogens with zero attached hydrogens (tertiary/aromatic N) is 1. The number of Topliss-reactive ketones (excluding diaryl/α,β-unsaturated/α-hetero) is 1. The van der Waals surface area contributed by atoms with Gasteiger partial charge in [-0.25, -0.2) is 0 Å². The molecule has 1 amide bonds. The van der Waals surface area contributed by atoms with Crippen LogP contribution in [0, 0.1) is 0 Å². The average molecular weight is 395 g/mol. The van der Waals surface area contributed by atoms with E-state index < -0.39 is 17.7 Å². The molecule has 1 aliphatic rings. The number of likely N-dealkylation sites (tertiary alicyclic amines) is 1. The van der Waals surface area contributed by atoms with Crippen LogP contribution in [0.5, 0.6) is 5.75 Å². The Morgan fingerprint density at radius 2 is 1.83 bits per heavy atom. The number of ether oxygens (including phenoxy) is 1. The molecule has 0 aromatic heterocycles. The molecule has 0 bridgehead atoms. The summed E-state index contributed by atoms with van der Waals surface area (Å²) in [6.07, 6.45) is 0.622. The molecule has 0 radical (unpaired) electrons. The number of hydrogen-bond donors (Lipinski definition) is 2. The lowest BCUT2D eigenvalue weighted by Crippen LogP contribution is -2.31. The first kappa shape index (κ1) is 20.6. The highest BCUT2D eigenvalue weighted by Crippen LogP contribution is 2.40. The average Bonchev–Trinajstić information content (AvgIpc) is 2.96. The zero-order chi connectivity index (χ0) is 21.0. The number of benzene rings is 2. The monoisotopic (exact) mass is 395 g/mol. The van der Waals surface area contributed by atoms with Gasteiger partial charge in [-0.05, 0) is 38.0 Å². The second kappa shape index (κ2) is 8.92. The Labute approximate surface area is 170 Å². The summed E-state index contributed by atoms with van der Waals surface area (Å²) in [4.78, 5) is 27.1. The molecule has 29 heavy (non-hydrogen) atoms. The van der Waals surface area contributed by atoms with Gasteiger partial charge in [-0.15, -0.1) is 0 Å². The number of aromatic hydroxyl groups is 1. The number of carbonyl (C=O) groups excluding carboxylic acids is 2. The number of rotatable bonds is 7. The van der Waals surface area contributed by atoms with E-state index in [9.17, 15) is 19.8 Å². The Morgan fingerprint density at radius 1 is 1.10 bits per heavy atom. The van der Waals surface area contributed by atoms with Crippen molar-refractivity contribution < 1.29 is 24.5 Å². The van der Waals surface area contributed by atoms with Crippen LogP contribution in [0.3, 0.4) is 0 Å². The highest BCUT2D eigenvalue weighted by Gasteiger charge is 2.45. The van der Waals surface area contributed by atoms with Crippen LogP contribution in [-0.4, -0.2) is 46.1 Å². The van der Waals surface area contributed by atoms with Crippen molar-refractivity contribution in [2.45, 2.75) is 32.4 Å². The molecule has 2 N–H and O–H groups in total. The fourth-order valence-corrected chi connectivity index (χ4v) is 3.46. The van der Waals surface area contributed by atoms with Crippen LogP contribution in [-0.2, 0) is 14.3 Å².